The number of hydrogen-bond acceptors (Lipinski definition) is 2. The second-order valence-electron chi connectivity index (χ2n) is 5.62. The third kappa shape index (κ3) is 4.42. The zero-order valence-corrected chi connectivity index (χ0v) is 11.6. The molecule has 2 nitrogen and oxygen atoms in total. The zero-order valence-electron chi connectivity index (χ0n) is 11.6. The molecule has 1 aliphatic rings. The van der Waals surface area contributed by atoms with Crippen LogP contribution in [0.1, 0.15) is 52.4 Å². The molecule has 1 N–H and O–H groups in total. The molecule has 0 aromatic rings. The minimum atomic E-state index is 0.686. The van der Waals surface area contributed by atoms with Crippen LogP contribution in [-0.4, -0.2) is 37.6 Å². The Labute approximate surface area is 102 Å². The largest absolute Gasteiger partial charge is 0.312 e. The van der Waals surface area contributed by atoms with Crippen LogP contribution in [0.5, 0.6) is 0 Å². The summed E-state index contributed by atoms with van der Waals surface area (Å²) < 4.78 is 0. The summed E-state index contributed by atoms with van der Waals surface area (Å²) >= 11 is 0. The monoisotopic (exact) mass is 226 g/mol. The van der Waals surface area contributed by atoms with Crippen molar-refractivity contribution in [2.24, 2.45) is 5.92 Å². The highest BCUT2D eigenvalue weighted by atomic mass is 15.1. The summed E-state index contributed by atoms with van der Waals surface area (Å²) in [4.78, 5) is 2.33. The Hall–Kier alpha value is -0.0800. The summed E-state index contributed by atoms with van der Waals surface area (Å²) in [7, 11) is 4.36. The van der Waals surface area contributed by atoms with E-state index in [1.807, 2.05) is 0 Å². The Morgan fingerprint density at radius 3 is 2.31 bits per heavy atom. The van der Waals surface area contributed by atoms with Crippen LogP contribution < -0.4 is 5.32 Å². The van der Waals surface area contributed by atoms with Gasteiger partial charge in [0.05, 0.1) is 0 Å². The summed E-state index contributed by atoms with van der Waals surface area (Å²) in [6.45, 7) is 5.79. The first-order valence-corrected chi connectivity index (χ1v) is 7.05. The molecule has 1 rings (SSSR count). The van der Waals surface area contributed by atoms with E-state index in [2.05, 4.69) is 38.2 Å². The van der Waals surface area contributed by atoms with Crippen molar-refractivity contribution in [3.8, 4) is 0 Å². The molecule has 1 aliphatic carbocycles. The van der Waals surface area contributed by atoms with Crippen LogP contribution in [0, 0.1) is 5.92 Å². The quantitative estimate of drug-likeness (QED) is 0.749. The second-order valence-corrected chi connectivity index (χ2v) is 5.62. The summed E-state index contributed by atoms with van der Waals surface area (Å²) in [5, 5.41) is 3.74. The van der Waals surface area contributed by atoms with E-state index < -0.39 is 0 Å². The average Bonchev–Trinajstić information content (AvgIpc) is 2.30. The van der Waals surface area contributed by atoms with E-state index in [1.54, 1.807) is 0 Å². The number of hydrogen-bond donors (Lipinski definition) is 1. The molecule has 0 amide bonds. The van der Waals surface area contributed by atoms with Crippen molar-refractivity contribution >= 4 is 0 Å². The third-order valence-electron chi connectivity index (χ3n) is 4.23. The summed E-state index contributed by atoms with van der Waals surface area (Å²) in [5.41, 5.74) is 0. The first-order chi connectivity index (χ1) is 7.65. The smallest absolute Gasteiger partial charge is 0.0212 e. The van der Waals surface area contributed by atoms with E-state index in [-0.39, 0.29) is 0 Å². The molecular weight excluding hydrogens is 196 g/mol. The fraction of sp³-hybridized carbons (Fsp3) is 1.00. The lowest BCUT2D eigenvalue weighted by Crippen LogP contribution is -2.43. The molecule has 0 aromatic heterocycles. The predicted molar refractivity (Wildman–Crippen MR) is 71.8 cm³/mol. The van der Waals surface area contributed by atoms with E-state index in [4.69, 9.17) is 0 Å². The lowest BCUT2D eigenvalue weighted by atomic mass is 9.84. The van der Waals surface area contributed by atoms with Crippen molar-refractivity contribution < 1.29 is 0 Å². The van der Waals surface area contributed by atoms with Crippen LogP contribution in [0.4, 0.5) is 0 Å². The van der Waals surface area contributed by atoms with Crippen molar-refractivity contribution in [2.45, 2.75) is 64.5 Å². The van der Waals surface area contributed by atoms with E-state index >= 15 is 0 Å². The van der Waals surface area contributed by atoms with Crippen molar-refractivity contribution in [3.63, 3.8) is 0 Å². The molecule has 0 saturated heterocycles. The van der Waals surface area contributed by atoms with Gasteiger partial charge < -0.3 is 10.2 Å². The minimum absolute atomic E-state index is 0.686. The topological polar surface area (TPSA) is 15.3 Å². The Morgan fingerprint density at radius 1 is 1.19 bits per heavy atom. The van der Waals surface area contributed by atoms with Gasteiger partial charge in [-0.1, -0.05) is 26.2 Å². The molecule has 0 spiro atoms. The maximum absolute atomic E-state index is 3.74. The molecule has 0 heterocycles. The molecule has 0 bridgehead atoms. The van der Waals surface area contributed by atoms with Gasteiger partial charge in [-0.3, -0.25) is 0 Å². The van der Waals surface area contributed by atoms with E-state index in [0.717, 1.165) is 12.5 Å². The van der Waals surface area contributed by atoms with Gasteiger partial charge in [0, 0.05) is 18.6 Å². The van der Waals surface area contributed by atoms with Gasteiger partial charge in [0.25, 0.3) is 0 Å². The van der Waals surface area contributed by atoms with Crippen molar-refractivity contribution in [1.29, 1.82) is 0 Å². The molecule has 1 fully saturated rings. The Balaban J connectivity index is 2.24. The highest BCUT2D eigenvalue weighted by molar-refractivity contribution is 4.78. The van der Waals surface area contributed by atoms with Crippen LogP contribution in [0.2, 0.25) is 0 Å². The van der Waals surface area contributed by atoms with E-state index in [1.165, 1.54) is 38.5 Å². The zero-order chi connectivity index (χ0) is 12.0. The van der Waals surface area contributed by atoms with Crippen LogP contribution in [0.25, 0.3) is 0 Å². The normalized spacial score (nSPS) is 22.3. The first-order valence-electron chi connectivity index (χ1n) is 7.05. The SMILES string of the molecule is CCC(CNC(C)C1CCCCC1)N(C)C. The summed E-state index contributed by atoms with van der Waals surface area (Å²) in [6.07, 6.45) is 8.46. The second kappa shape index (κ2) is 7.29. The third-order valence-corrected chi connectivity index (χ3v) is 4.23. The van der Waals surface area contributed by atoms with Crippen LogP contribution >= 0.6 is 0 Å². The molecule has 0 aliphatic heterocycles. The lowest BCUT2D eigenvalue weighted by Gasteiger charge is -2.31. The van der Waals surface area contributed by atoms with Gasteiger partial charge in [-0.15, -0.1) is 0 Å². The number of nitrogens with zero attached hydrogens (tertiary/aromatic N) is 1. The molecule has 0 aromatic carbocycles. The fourth-order valence-corrected chi connectivity index (χ4v) is 2.81. The Bertz CT molecular complexity index is 174. The minimum Gasteiger partial charge on any atom is -0.312 e. The van der Waals surface area contributed by atoms with Gasteiger partial charge >= 0.3 is 0 Å². The Morgan fingerprint density at radius 2 is 1.81 bits per heavy atom. The molecular formula is C14H30N2. The van der Waals surface area contributed by atoms with Crippen LogP contribution in [0.15, 0.2) is 0 Å². The van der Waals surface area contributed by atoms with Gasteiger partial charge in [-0.2, -0.15) is 0 Å². The average molecular weight is 226 g/mol. The molecule has 16 heavy (non-hydrogen) atoms. The maximum atomic E-state index is 3.74. The number of nitrogens with one attached hydrogen (secondary N) is 1. The lowest BCUT2D eigenvalue weighted by molar-refractivity contribution is 0.235. The highest BCUT2D eigenvalue weighted by Gasteiger charge is 2.20. The van der Waals surface area contributed by atoms with Gasteiger partial charge in [0.15, 0.2) is 0 Å². The van der Waals surface area contributed by atoms with Gasteiger partial charge in [-0.25, -0.2) is 0 Å². The van der Waals surface area contributed by atoms with Gasteiger partial charge in [0.2, 0.25) is 0 Å². The van der Waals surface area contributed by atoms with E-state index in [0.29, 0.717) is 12.1 Å². The predicted octanol–water partition coefficient (Wildman–Crippen LogP) is 2.89. The summed E-state index contributed by atoms with van der Waals surface area (Å²) in [5.74, 6) is 0.924. The van der Waals surface area contributed by atoms with Crippen molar-refractivity contribution in [3.05, 3.63) is 0 Å². The molecule has 1 saturated carbocycles. The van der Waals surface area contributed by atoms with Crippen molar-refractivity contribution in [2.75, 3.05) is 20.6 Å². The maximum Gasteiger partial charge on any atom is 0.0212 e. The molecule has 0 radical (unpaired) electrons. The number of rotatable bonds is 6. The number of likely N-dealkylation sites (N-methyl/N-ethyl adjacent to an activating group) is 1. The molecule has 96 valence electrons. The van der Waals surface area contributed by atoms with E-state index in [9.17, 15) is 0 Å². The highest BCUT2D eigenvalue weighted by Crippen LogP contribution is 2.26. The van der Waals surface area contributed by atoms with Crippen molar-refractivity contribution in [1.82, 2.24) is 10.2 Å². The van der Waals surface area contributed by atoms with Gasteiger partial charge in [0.1, 0.15) is 0 Å². The van der Waals surface area contributed by atoms with Crippen LogP contribution in [-0.2, 0) is 0 Å². The Kier molecular flexibility index (Phi) is 6.37. The molecule has 2 heteroatoms. The fourth-order valence-electron chi connectivity index (χ4n) is 2.81. The molecule has 2 atom stereocenters. The van der Waals surface area contributed by atoms with Gasteiger partial charge in [-0.05, 0) is 46.2 Å². The first kappa shape index (κ1) is 14.0. The standard InChI is InChI=1S/C14H30N2/c1-5-14(16(3)4)11-15-12(2)13-9-7-6-8-10-13/h12-15H,5-11H2,1-4H3. The molecule has 2 unspecified atom stereocenters. The van der Waals surface area contributed by atoms with Crippen LogP contribution in [0.3, 0.4) is 0 Å². The summed E-state index contributed by atoms with van der Waals surface area (Å²) in [6, 6.07) is 1.39.